The molecule has 1 saturated carbocycles. The predicted molar refractivity (Wildman–Crippen MR) is 71.5 cm³/mol. The number of hydrogen-bond donors (Lipinski definition) is 2. The lowest BCUT2D eigenvalue weighted by Crippen LogP contribution is -2.42. The van der Waals surface area contributed by atoms with Gasteiger partial charge in [-0.3, -0.25) is 4.79 Å². The highest BCUT2D eigenvalue weighted by atomic mass is 16.3. The van der Waals surface area contributed by atoms with Crippen LogP contribution in [0.3, 0.4) is 0 Å². The first kappa shape index (κ1) is 13.6. The molecule has 19 heavy (non-hydrogen) atoms. The van der Waals surface area contributed by atoms with Gasteiger partial charge in [0.15, 0.2) is 0 Å². The third-order valence-electron chi connectivity index (χ3n) is 3.55. The highest BCUT2D eigenvalue weighted by molar-refractivity contribution is 5.94. The summed E-state index contributed by atoms with van der Waals surface area (Å²) >= 11 is 0. The molecular weight excluding hydrogens is 240 g/mol. The molecule has 2 unspecified atom stereocenters. The zero-order valence-corrected chi connectivity index (χ0v) is 10.8. The van der Waals surface area contributed by atoms with Crippen LogP contribution in [0, 0.1) is 11.3 Å². The Hall–Kier alpha value is -1.86. The molecule has 1 fully saturated rings. The lowest BCUT2D eigenvalue weighted by molar-refractivity contribution is 0.0819. The number of rotatable bonds is 2. The molecule has 0 spiro atoms. The van der Waals surface area contributed by atoms with Crippen molar-refractivity contribution < 1.29 is 9.90 Å². The molecule has 1 aliphatic carbocycles. The quantitative estimate of drug-likeness (QED) is 0.797. The topological polar surface area (TPSA) is 73.1 Å². The maximum atomic E-state index is 12.1. The summed E-state index contributed by atoms with van der Waals surface area (Å²) in [7, 11) is 0. The van der Waals surface area contributed by atoms with Crippen LogP contribution < -0.4 is 5.32 Å². The van der Waals surface area contributed by atoms with Gasteiger partial charge in [-0.2, -0.15) is 5.26 Å². The fourth-order valence-electron chi connectivity index (χ4n) is 2.44. The van der Waals surface area contributed by atoms with E-state index < -0.39 is 6.10 Å². The summed E-state index contributed by atoms with van der Waals surface area (Å²) in [6.07, 6.45) is 4.23. The van der Waals surface area contributed by atoms with Gasteiger partial charge in [0.1, 0.15) is 0 Å². The second-order valence-electron chi connectivity index (χ2n) is 4.98. The fraction of sp³-hybridized carbons (Fsp3) is 0.467. The Morgan fingerprint density at radius 1 is 1.32 bits per heavy atom. The molecule has 0 aliphatic heterocycles. The molecule has 4 nitrogen and oxygen atoms in total. The van der Waals surface area contributed by atoms with Gasteiger partial charge in [-0.1, -0.05) is 25.3 Å². The van der Waals surface area contributed by atoms with E-state index in [9.17, 15) is 9.90 Å². The van der Waals surface area contributed by atoms with Crippen LogP contribution in [0.25, 0.3) is 0 Å². The summed E-state index contributed by atoms with van der Waals surface area (Å²) < 4.78 is 0. The second-order valence-corrected chi connectivity index (χ2v) is 4.98. The number of amides is 1. The Morgan fingerprint density at radius 3 is 2.89 bits per heavy atom. The van der Waals surface area contributed by atoms with Crippen LogP contribution in [-0.2, 0) is 0 Å². The highest BCUT2D eigenvalue weighted by Gasteiger charge is 2.23. The third-order valence-corrected chi connectivity index (χ3v) is 3.55. The van der Waals surface area contributed by atoms with E-state index in [-0.39, 0.29) is 11.9 Å². The van der Waals surface area contributed by atoms with Crippen molar-refractivity contribution in [2.24, 2.45) is 0 Å². The van der Waals surface area contributed by atoms with Crippen LogP contribution >= 0.6 is 0 Å². The number of carbonyl (C=O) groups is 1. The zero-order valence-electron chi connectivity index (χ0n) is 10.8. The normalized spacial score (nSPS) is 23.2. The molecule has 100 valence electrons. The Morgan fingerprint density at radius 2 is 2.11 bits per heavy atom. The van der Waals surface area contributed by atoms with Crippen molar-refractivity contribution in [3.63, 3.8) is 0 Å². The smallest absolute Gasteiger partial charge is 0.251 e. The fourth-order valence-corrected chi connectivity index (χ4v) is 2.44. The van der Waals surface area contributed by atoms with Gasteiger partial charge in [0, 0.05) is 5.56 Å². The van der Waals surface area contributed by atoms with E-state index in [0.29, 0.717) is 11.1 Å². The van der Waals surface area contributed by atoms with Crippen molar-refractivity contribution in [1.29, 1.82) is 5.26 Å². The van der Waals surface area contributed by atoms with Crippen molar-refractivity contribution in [2.45, 2.75) is 44.2 Å². The summed E-state index contributed by atoms with van der Waals surface area (Å²) in [6.45, 7) is 0. The molecule has 1 aromatic rings. The number of nitriles is 1. The average Bonchev–Trinajstić information content (AvgIpc) is 2.64. The molecule has 2 N–H and O–H groups in total. The van der Waals surface area contributed by atoms with Crippen LogP contribution in [0.1, 0.15) is 48.0 Å². The lowest BCUT2D eigenvalue weighted by atomic mass is 10.0. The number of aliphatic hydroxyl groups excluding tert-OH is 1. The van der Waals surface area contributed by atoms with Crippen molar-refractivity contribution in [3.8, 4) is 6.07 Å². The van der Waals surface area contributed by atoms with Crippen molar-refractivity contribution in [3.05, 3.63) is 35.4 Å². The van der Waals surface area contributed by atoms with Crippen LogP contribution in [0.4, 0.5) is 0 Å². The van der Waals surface area contributed by atoms with E-state index in [1.165, 1.54) is 0 Å². The first-order valence-electron chi connectivity index (χ1n) is 6.70. The molecule has 0 radical (unpaired) electrons. The van der Waals surface area contributed by atoms with E-state index in [0.717, 1.165) is 32.1 Å². The van der Waals surface area contributed by atoms with Crippen molar-refractivity contribution in [2.75, 3.05) is 0 Å². The molecular formula is C15H18N2O2. The Kier molecular flexibility index (Phi) is 4.53. The van der Waals surface area contributed by atoms with Gasteiger partial charge in [0.05, 0.1) is 23.8 Å². The first-order valence-corrected chi connectivity index (χ1v) is 6.70. The largest absolute Gasteiger partial charge is 0.391 e. The molecule has 0 heterocycles. The summed E-state index contributed by atoms with van der Waals surface area (Å²) in [4.78, 5) is 12.1. The average molecular weight is 258 g/mol. The zero-order chi connectivity index (χ0) is 13.7. The summed E-state index contributed by atoms with van der Waals surface area (Å²) in [5.41, 5.74) is 0.935. The van der Waals surface area contributed by atoms with Crippen molar-refractivity contribution >= 4 is 5.91 Å². The van der Waals surface area contributed by atoms with E-state index >= 15 is 0 Å². The lowest BCUT2D eigenvalue weighted by Gasteiger charge is -2.21. The van der Waals surface area contributed by atoms with Crippen molar-refractivity contribution in [1.82, 2.24) is 5.32 Å². The number of aliphatic hydroxyl groups is 1. The molecule has 1 aliphatic rings. The standard InChI is InChI=1S/C15H18N2O2/c16-10-11-5-4-6-12(9-11)15(19)17-13-7-2-1-3-8-14(13)18/h4-6,9,13-14,18H,1-3,7-8H2,(H,17,19). The van der Waals surface area contributed by atoms with Gasteiger partial charge in [-0.05, 0) is 31.0 Å². The summed E-state index contributed by atoms with van der Waals surface area (Å²) in [5.74, 6) is -0.219. The predicted octanol–water partition coefficient (Wildman–Crippen LogP) is 1.98. The molecule has 0 aromatic heterocycles. The van der Waals surface area contributed by atoms with E-state index in [4.69, 9.17) is 5.26 Å². The van der Waals surface area contributed by atoms with Gasteiger partial charge >= 0.3 is 0 Å². The van der Waals surface area contributed by atoms with E-state index in [1.54, 1.807) is 24.3 Å². The van der Waals surface area contributed by atoms with Crippen LogP contribution in [0.15, 0.2) is 24.3 Å². The SMILES string of the molecule is N#Cc1cccc(C(=O)NC2CCCCCC2O)c1. The van der Waals surface area contributed by atoms with E-state index in [2.05, 4.69) is 5.32 Å². The second kappa shape index (κ2) is 6.35. The molecule has 4 heteroatoms. The monoisotopic (exact) mass is 258 g/mol. The van der Waals surface area contributed by atoms with Gasteiger partial charge in [-0.25, -0.2) is 0 Å². The third kappa shape index (κ3) is 3.55. The number of nitrogens with one attached hydrogen (secondary N) is 1. The minimum absolute atomic E-state index is 0.180. The molecule has 2 rings (SSSR count). The number of hydrogen-bond acceptors (Lipinski definition) is 3. The van der Waals surface area contributed by atoms with Crippen LogP contribution in [0.2, 0.25) is 0 Å². The minimum atomic E-state index is -0.467. The summed E-state index contributed by atoms with van der Waals surface area (Å²) in [5, 5.41) is 21.7. The molecule has 1 amide bonds. The van der Waals surface area contributed by atoms with Gasteiger partial charge < -0.3 is 10.4 Å². The Labute approximate surface area is 113 Å². The number of nitrogens with zero attached hydrogens (tertiary/aromatic N) is 1. The molecule has 2 atom stereocenters. The van der Waals surface area contributed by atoms with E-state index in [1.807, 2.05) is 6.07 Å². The number of benzene rings is 1. The molecule has 0 saturated heterocycles. The minimum Gasteiger partial charge on any atom is -0.391 e. The maximum Gasteiger partial charge on any atom is 0.251 e. The Bertz CT molecular complexity index is 493. The maximum absolute atomic E-state index is 12.1. The van der Waals surface area contributed by atoms with Gasteiger partial charge in [-0.15, -0.1) is 0 Å². The molecule has 0 bridgehead atoms. The van der Waals surface area contributed by atoms with Crippen LogP contribution in [-0.4, -0.2) is 23.2 Å². The molecule has 1 aromatic carbocycles. The van der Waals surface area contributed by atoms with Gasteiger partial charge in [0.2, 0.25) is 0 Å². The van der Waals surface area contributed by atoms with Gasteiger partial charge in [0.25, 0.3) is 5.91 Å². The highest BCUT2D eigenvalue weighted by Crippen LogP contribution is 2.18. The Balaban J connectivity index is 2.05. The summed E-state index contributed by atoms with van der Waals surface area (Å²) in [6, 6.07) is 8.44. The van der Waals surface area contributed by atoms with Crippen LogP contribution in [0.5, 0.6) is 0 Å². The number of carbonyl (C=O) groups excluding carboxylic acids is 1. The first-order chi connectivity index (χ1) is 9.20.